The first-order valence-electron chi connectivity index (χ1n) is 8.50. The van der Waals surface area contributed by atoms with E-state index in [1.54, 1.807) is 0 Å². The van der Waals surface area contributed by atoms with Gasteiger partial charge in [0.1, 0.15) is 0 Å². The quantitative estimate of drug-likeness (QED) is 0.574. The van der Waals surface area contributed by atoms with Crippen molar-refractivity contribution in [2.75, 3.05) is 0 Å². The minimum absolute atomic E-state index is 0.0689. The van der Waals surface area contributed by atoms with Crippen LogP contribution in [0.5, 0.6) is 0 Å². The summed E-state index contributed by atoms with van der Waals surface area (Å²) in [6.45, 7) is 5.45. The van der Waals surface area contributed by atoms with Crippen molar-refractivity contribution in [3.8, 4) is 0 Å². The Balaban J connectivity index is 2.43. The fourth-order valence-electron chi connectivity index (χ4n) is 2.89. The predicted octanol–water partition coefficient (Wildman–Crippen LogP) is 4.33. The van der Waals surface area contributed by atoms with Gasteiger partial charge in [0.05, 0.1) is 27.5 Å². The van der Waals surface area contributed by atoms with E-state index < -0.39 is 27.1 Å². The molecule has 1 atom stereocenters. The zero-order valence-corrected chi connectivity index (χ0v) is 15.3. The molecule has 0 bridgehead atoms. The van der Waals surface area contributed by atoms with E-state index >= 15 is 0 Å². The number of hydrogen-bond donors (Lipinski definition) is 1. The van der Waals surface area contributed by atoms with Crippen molar-refractivity contribution in [3.05, 3.63) is 79.4 Å². The normalized spacial score (nSPS) is 11.9. The molecule has 1 N–H and O–H groups in total. The van der Waals surface area contributed by atoms with E-state index in [4.69, 9.17) is 0 Å². The van der Waals surface area contributed by atoms with Gasteiger partial charge >= 0.3 is 0 Å². The molecule has 0 spiro atoms. The van der Waals surface area contributed by atoms with Gasteiger partial charge in [0.25, 0.3) is 17.3 Å². The highest BCUT2D eigenvalue weighted by Gasteiger charge is 2.26. The molecule has 8 heteroatoms. The third-order valence-electron chi connectivity index (χ3n) is 4.23. The van der Waals surface area contributed by atoms with Crippen LogP contribution in [0.4, 0.5) is 11.4 Å². The summed E-state index contributed by atoms with van der Waals surface area (Å²) in [4.78, 5) is 33.7. The third-order valence-corrected chi connectivity index (χ3v) is 4.23. The molecular formula is C19H21N3O5. The second kappa shape index (κ2) is 8.39. The highest BCUT2D eigenvalue weighted by molar-refractivity contribution is 5.97. The highest BCUT2D eigenvalue weighted by Crippen LogP contribution is 2.29. The summed E-state index contributed by atoms with van der Waals surface area (Å²) < 4.78 is 0. The lowest BCUT2D eigenvalue weighted by molar-refractivity contribution is -0.394. The van der Waals surface area contributed by atoms with Gasteiger partial charge in [0.15, 0.2) is 0 Å². The monoisotopic (exact) mass is 371 g/mol. The number of rotatable bonds is 7. The van der Waals surface area contributed by atoms with Crippen LogP contribution < -0.4 is 5.32 Å². The van der Waals surface area contributed by atoms with Crippen LogP contribution in [-0.4, -0.2) is 15.8 Å². The largest absolute Gasteiger partial charge is 0.345 e. The highest BCUT2D eigenvalue weighted by atomic mass is 16.6. The number of amides is 1. The van der Waals surface area contributed by atoms with E-state index in [0.29, 0.717) is 6.42 Å². The molecule has 0 aliphatic rings. The molecule has 0 heterocycles. The first kappa shape index (κ1) is 20.0. The molecule has 0 aliphatic carbocycles. The number of non-ortho nitro benzene ring substituents is 1. The average Bonchev–Trinajstić information content (AvgIpc) is 2.61. The minimum Gasteiger partial charge on any atom is -0.345 e. The Bertz CT molecular complexity index is 865. The zero-order chi connectivity index (χ0) is 20.1. The molecular weight excluding hydrogens is 350 g/mol. The van der Waals surface area contributed by atoms with Crippen LogP contribution in [0, 0.1) is 33.1 Å². The number of carbonyl (C=O) groups excluding carboxylic acids is 1. The van der Waals surface area contributed by atoms with Crippen molar-refractivity contribution in [1.29, 1.82) is 0 Å². The van der Waals surface area contributed by atoms with Crippen molar-refractivity contribution in [2.45, 2.75) is 33.2 Å². The Labute approximate surface area is 156 Å². The van der Waals surface area contributed by atoms with Gasteiger partial charge in [0, 0.05) is 11.6 Å². The van der Waals surface area contributed by atoms with E-state index in [-0.39, 0.29) is 23.1 Å². The van der Waals surface area contributed by atoms with Gasteiger partial charge in [-0.15, -0.1) is 0 Å². The van der Waals surface area contributed by atoms with Crippen LogP contribution in [0.2, 0.25) is 0 Å². The lowest BCUT2D eigenvalue weighted by atomic mass is 9.96. The molecule has 2 rings (SSSR count). The van der Waals surface area contributed by atoms with Crippen LogP contribution in [0.15, 0.2) is 42.5 Å². The third kappa shape index (κ3) is 4.87. The zero-order valence-electron chi connectivity index (χ0n) is 15.3. The van der Waals surface area contributed by atoms with E-state index in [1.165, 1.54) is 6.92 Å². The standard InChI is InChI=1S/C19H21N3O5/c1-12(2)9-17(14-7-5-4-6-8-14)20-19(23)16-10-15(21(24)25)11-18(13(16)3)22(26)27/h4-8,10-12,17H,9H2,1-3H3,(H,20,23). The fraction of sp³-hybridized carbons (Fsp3) is 0.316. The number of carbonyl (C=O) groups is 1. The van der Waals surface area contributed by atoms with Crippen LogP contribution >= 0.6 is 0 Å². The number of nitrogens with one attached hydrogen (secondary N) is 1. The summed E-state index contributed by atoms with van der Waals surface area (Å²) >= 11 is 0. The van der Waals surface area contributed by atoms with Crippen molar-refractivity contribution in [1.82, 2.24) is 5.32 Å². The molecule has 0 fully saturated rings. The summed E-state index contributed by atoms with van der Waals surface area (Å²) in [6.07, 6.45) is 0.659. The molecule has 0 aliphatic heterocycles. The molecule has 2 aromatic carbocycles. The average molecular weight is 371 g/mol. The molecule has 0 saturated heterocycles. The Morgan fingerprint density at radius 2 is 1.70 bits per heavy atom. The molecule has 0 radical (unpaired) electrons. The van der Waals surface area contributed by atoms with Gasteiger partial charge in [0.2, 0.25) is 0 Å². The van der Waals surface area contributed by atoms with Gasteiger partial charge in [-0.2, -0.15) is 0 Å². The minimum atomic E-state index is -0.744. The second-order valence-electron chi connectivity index (χ2n) is 6.72. The SMILES string of the molecule is Cc1c(C(=O)NC(CC(C)C)c2ccccc2)cc([N+](=O)[O-])cc1[N+](=O)[O-]. The lowest BCUT2D eigenvalue weighted by Gasteiger charge is -2.21. The van der Waals surface area contributed by atoms with Crippen molar-refractivity contribution >= 4 is 17.3 Å². The van der Waals surface area contributed by atoms with E-state index in [2.05, 4.69) is 5.32 Å². The molecule has 0 saturated carbocycles. The fourth-order valence-corrected chi connectivity index (χ4v) is 2.89. The predicted molar refractivity (Wildman–Crippen MR) is 101 cm³/mol. The number of nitrogens with zero attached hydrogens (tertiary/aromatic N) is 2. The van der Waals surface area contributed by atoms with Crippen molar-refractivity contribution in [2.24, 2.45) is 5.92 Å². The van der Waals surface area contributed by atoms with Crippen molar-refractivity contribution < 1.29 is 14.6 Å². The molecule has 0 aromatic heterocycles. The van der Waals surface area contributed by atoms with E-state index in [9.17, 15) is 25.0 Å². The topological polar surface area (TPSA) is 115 Å². The van der Waals surface area contributed by atoms with Crippen LogP contribution in [0.25, 0.3) is 0 Å². The first-order valence-corrected chi connectivity index (χ1v) is 8.50. The maximum Gasteiger partial charge on any atom is 0.279 e. The van der Waals surface area contributed by atoms with E-state index in [1.807, 2.05) is 44.2 Å². The van der Waals surface area contributed by atoms with E-state index in [0.717, 1.165) is 17.7 Å². The maximum absolute atomic E-state index is 12.8. The van der Waals surface area contributed by atoms with Gasteiger partial charge in [-0.05, 0) is 24.8 Å². The summed E-state index contributed by atoms with van der Waals surface area (Å²) in [5, 5.41) is 25.2. The molecule has 142 valence electrons. The van der Waals surface area contributed by atoms with Crippen LogP contribution in [-0.2, 0) is 0 Å². The number of benzene rings is 2. The first-order chi connectivity index (χ1) is 12.7. The van der Waals surface area contributed by atoms with Gasteiger partial charge in [-0.25, -0.2) is 0 Å². The second-order valence-corrected chi connectivity index (χ2v) is 6.72. The Hall–Kier alpha value is -3.29. The van der Waals surface area contributed by atoms with Gasteiger partial charge in [-0.3, -0.25) is 25.0 Å². The summed E-state index contributed by atoms with van der Waals surface area (Å²) in [5.74, 6) is -0.287. The number of hydrogen-bond acceptors (Lipinski definition) is 5. The maximum atomic E-state index is 12.8. The summed E-state index contributed by atoms with van der Waals surface area (Å²) in [5.41, 5.74) is -0.00998. The Kier molecular flexibility index (Phi) is 6.23. The Morgan fingerprint density at radius 3 is 2.22 bits per heavy atom. The lowest BCUT2D eigenvalue weighted by Crippen LogP contribution is -2.30. The Morgan fingerprint density at radius 1 is 1.07 bits per heavy atom. The van der Waals surface area contributed by atoms with Crippen LogP contribution in [0.3, 0.4) is 0 Å². The molecule has 1 amide bonds. The van der Waals surface area contributed by atoms with Gasteiger partial charge < -0.3 is 5.32 Å². The molecule has 27 heavy (non-hydrogen) atoms. The number of nitro groups is 2. The summed E-state index contributed by atoms with van der Waals surface area (Å²) in [6, 6.07) is 11.0. The summed E-state index contributed by atoms with van der Waals surface area (Å²) in [7, 11) is 0. The molecule has 2 aromatic rings. The van der Waals surface area contributed by atoms with Crippen LogP contribution in [0.1, 0.15) is 47.8 Å². The molecule has 8 nitrogen and oxygen atoms in total. The molecule has 1 unspecified atom stereocenters. The van der Waals surface area contributed by atoms with Gasteiger partial charge in [-0.1, -0.05) is 44.2 Å². The van der Waals surface area contributed by atoms with Crippen molar-refractivity contribution in [3.63, 3.8) is 0 Å². The number of nitro benzene ring substituents is 2. The smallest absolute Gasteiger partial charge is 0.279 e.